The number of carboxylic acid groups (broad SMARTS) is 2. The Hall–Kier alpha value is -2.34. The van der Waals surface area contributed by atoms with E-state index in [-0.39, 0.29) is 0 Å². The molecule has 1 aromatic carbocycles. The van der Waals surface area contributed by atoms with Gasteiger partial charge in [0.05, 0.1) is 6.42 Å². The van der Waals surface area contributed by atoms with E-state index in [1.807, 2.05) is 0 Å². The Morgan fingerprint density at radius 2 is 2.00 bits per heavy atom. The van der Waals surface area contributed by atoms with Gasteiger partial charge in [-0.1, -0.05) is 23.7 Å². The molecular formula is C13H12ClNO5. The van der Waals surface area contributed by atoms with E-state index in [2.05, 4.69) is 5.32 Å². The third kappa shape index (κ3) is 5.53. The Morgan fingerprint density at radius 1 is 1.30 bits per heavy atom. The standard InChI is InChI=1S/C13H12ClNO5/c14-9-3-1-2-8(6-9)4-5-11(16)15-10(13(19)20)7-12(17)18/h1-6,10H,7H2,(H,15,16)(H,17,18)(H,19,20)/b5-4+/t10-/m1/s1. The van der Waals surface area contributed by atoms with Crippen LogP contribution < -0.4 is 5.32 Å². The first-order valence-electron chi connectivity index (χ1n) is 5.57. The molecule has 0 unspecified atom stereocenters. The lowest BCUT2D eigenvalue weighted by Gasteiger charge is -2.10. The summed E-state index contributed by atoms with van der Waals surface area (Å²) >= 11 is 5.77. The number of aliphatic carboxylic acids is 2. The van der Waals surface area contributed by atoms with Crippen molar-refractivity contribution in [3.05, 3.63) is 40.9 Å². The van der Waals surface area contributed by atoms with Gasteiger partial charge in [-0.2, -0.15) is 0 Å². The average Bonchev–Trinajstić information content (AvgIpc) is 2.35. The van der Waals surface area contributed by atoms with Crippen LogP contribution in [0.4, 0.5) is 0 Å². The van der Waals surface area contributed by atoms with E-state index in [1.165, 1.54) is 6.08 Å². The Morgan fingerprint density at radius 3 is 2.55 bits per heavy atom. The topological polar surface area (TPSA) is 104 Å². The molecule has 0 spiro atoms. The Kier molecular flexibility index (Phi) is 5.74. The number of carbonyl (C=O) groups is 3. The molecule has 20 heavy (non-hydrogen) atoms. The van der Waals surface area contributed by atoms with Crippen LogP contribution in [0.5, 0.6) is 0 Å². The number of halogens is 1. The van der Waals surface area contributed by atoms with Gasteiger partial charge in [-0.3, -0.25) is 9.59 Å². The van der Waals surface area contributed by atoms with Gasteiger partial charge in [0.2, 0.25) is 5.91 Å². The SMILES string of the molecule is O=C(O)C[C@@H](NC(=O)/C=C/c1cccc(Cl)c1)C(=O)O. The van der Waals surface area contributed by atoms with E-state index >= 15 is 0 Å². The van der Waals surface area contributed by atoms with Crippen molar-refractivity contribution < 1.29 is 24.6 Å². The van der Waals surface area contributed by atoms with Crippen molar-refractivity contribution in [2.75, 3.05) is 0 Å². The molecule has 0 aliphatic rings. The van der Waals surface area contributed by atoms with Crippen LogP contribution in [0.3, 0.4) is 0 Å². The van der Waals surface area contributed by atoms with Crippen LogP contribution in [-0.2, 0) is 14.4 Å². The summed E-state index contributed by atoms with van der Waals surface area (Å²) in [6.45, 7) is 0. The van der Waals surface area contributed by atoms with Gasteiger partial charge in [0.15, 0.2) is 0 Å². The molecule has 0 saturated heterocycles. The Bertz CT molecular complexity index is 555. The summed E-state index contributed by atoms with van der Waals surface area (Å²) in [5.41, 5.74) is 0.665. The van der Waals surface area contributed by atoms with Crippen molar-refractivity contribution in [1.29, 1.82) is 0 Å². The molecule has 0 aliphatic carbocycles. The third-order valence-electron chi connectivity index (χ3n) is 2.27. The van der Waals surface area contributed by atoms with Gasteiger partial charge in [0.1, 0.15) is 6.04 Å². The minimum absolute atomic E-state index is 0.502. The first-order valence-corrected chi connectivity index (χ1v) is 5.95. The van der Waals surface area contributed by atoms with E-state index in [1.54, 1.807) is 24.3 Å². The molecule has 0 fully saturated rings. The highest BCUT2D eigenvalue weighted by Gasteiger charge is 2.21. The third-order valence-corrected chi connectivity index (χ3v) is 2.50. The van der Waals surface area contributed by atoms with Crippen molar-refractivity contribution in [3.8, 4) is 0 Å². The minimum Gasteiger partial charge on any atom is -0.481 e. The summed E-state index contributed by atoms with van der Waals surface area (Å²) in [4.78, 5) is 32.7. The number of hydrogen-bond donors (Lipinski definition) is 3. The molecule has 0 bridgehead atoms. The molecule has 0 saturated carbocycles. The van der Waals surface area contributed by atoms with Crippen molar-refractivity contribution >= 4 is 35.5 Å². The fraction of sp³-hybridized carbons (Fsp3) is 0.154. The highest BCUT2D eigenvalue weighted by molar-refractivity contribution is 6.30. The quantitative estimate of drug-likeness (QED) is 0.689. The lowest BCUT2D eigenvalue weighted by Crippen LogP contribution is -2.41. The summed E-state index contributed by atoms with van der Waals surface area (Å²) in [7, 11) is 0. The minimum atomic E-state index is -1.47. The molecule has 1 amide bonds. The zero-order valence-electron chi connectivity index (χ0n) is 10.2. The number of amides is 1. The second-order valence-corrected chi connectivity index (χ2v) is 4.32. The van der Waals surface area contributed by atoms with Crippen LogP contribution in [0.2, 0.25) is 5.02 Å². The maximum absolute atomic E-state index is 11.5. The lowest BCUT2D eigenvalue weighted by atomic mass is 10.2. The number of benzene rings is 1. The first-order chi connectivity index (χ1) is 9.38. The normalized spacial score (nSPS) is 12.1. The van der Waals surface area contributed by atoms with Gasteiger partial charge in [0.25, 0.3) is 0 Å². The van der Waals surface area contributed by atoms with Gasteiger partial charge >= 0.3 is 11.9 Å². The fourth-order valence-corrected chi connectivity index (χ4v) is 1.58. The molecule has 0 heterocycles. The number of carbonyl (C=O) groups excluding carboxylic acids is 1. The summed E-state index contributed by atoms with van der Waals surface area (Å²) in [5, 5.41) is 19.9. The summed E-state index contributed by atoms with van der Waals surface area (Å²) in [6, 6.07) is 5.24. The largest absolute Gasteiger partial charge is 0.481 e. The van der Waals surface area contributed by atoms with Gasteiger partial charge in [-0.05, 0) is 23.8 Å². The summed E-state index contributed by atoms with van der Waals surface area (Å²) in [5.74, 6) is -3.41. The fourth-order valence-electron chi connectivity index (χ4n) is 1.38. The number of hydrogen-bond acceptors (Lipinski definition) is 3. The zero-order valence-corrected chi connectivity index (χ0v) is 11.0. The molecule has 106 valence electrons. The van der Waals surface area contributed by atoms with Crippen molar-refractivity contribution in [2.45, 2.75) is 12.5 Å². The molecule has 1 atom stereocenters. The monoisotopic (exact) mass is 297 g/mol. The molecule has 0 aliphatic heterocycles. The predicted octanol–water partition coefficient (Wildman–Crippen LogP) is 1.40. The van der Waals surface area contributed by atoms with E-state index in [0.29, 0.717) is 10.6 Å². The van der Waals surface area contributed by atoms with Gasteiger partial charge in [0, 0.05) is 11.1 Å². The average molecular weight is 298 g/mol. The van der Waals surface area contributed by atoms with E-state index in [4.69, 9.17) is 21.8 Å². The Labute approximate surface area is 119 Å². The molecule has 0 radical (unpaired) electrons. The van der Waals surface area contributed by atoms with E-state index in [0.717, 1.165) is 6.08 Å². The van der Waals surface area contributed by atoms with Crippen molar-refractivity contribution in [1.82, 2.24) is 5.32 Å². The van der Waals surface area contributed by atoms with Gasteiger partial charge in [-0.25, -0.2) is 4.79 Å². The second-order valence-electron chi connectivity index (χ2n) is 3.89. The van der Waals surface area contributed by atoms with E-state index < -0.39 is 30.3 Å². The number of rotatable bonds is 6. The van der Waals surface area contributed by atoms with Crippen LogP contribution in [0, 0.1) is 0 Å². The first kappa shape index (κ1) is 15.7. The van der Waals surface area contributed by atoms with Gasteiger partial charge < -0.3 is 15.5 Å². The zero-order chi connectivity index (χ0) is 15.1. The Balaban J connectivity index is 2.66. The predicted molar refractivity (Wildman–Crippen MR) is 72.3 cm³/mol. The van der Waals surface area contributed by atoms with Crippen LogP contribution in [0.15, 0.2) is 30.3 Å². The highest BCUT2D eigenvalue weighted by Crippen LogP contribution is 2.11. The maximum Gasteiger partial charge on any atom is 0.326 e. The maximum atomic E-state index is 11.5. The molecule has 7 heteroatoms. The number of carboxylic acids is 2. The van der Waals surface area contributed by atoms with Crippen molar-refractivity contribution in [3.63, 3.8) is 0 Å². The van der Waals surface area contributed by atoms with Gasteiger partial charge in [-0.15, -0.1) is 0 Å². The molecule has 1 rings (SSSR count). The number of nitrogens with one attached hydrogen (secondary N) is 1. The van der Waals surface area contributed by atoms with Crippen molar-refractivity contribution in [2.24, 2.45) is 0 Å². The lowest BCUT2D eigenvalue weighted by molar-refractivity contribution is -0.146. The summed E-state index contributed by atoms with van der Waals surface area (Å²) < 4.78 is 0. The smallest absolute Gasteiger partial charge is 0.326 e. The van der Waals surface area contributed by atoms with Crippen LogP contribution in [0.1, 0.15) is 12.0 Å². The van der Waals surface area contributed by atoms with Crippen LogP contribution in [-0.4, -0.2) is 34.1 Å². The highest BCUT2D eigenvalue weighted by atomic mass is 35.5. The summed E-state index contributed by atoms with van der Waals surface area (Å²) in [6.07, 6.45) is 1.87. The van der Waals surface area contributed by atoms with Crippen LogP contribution >= 0.6 is 11.6 Å². The van der Waals surface area contributed by atoms with E-state index in [9.17, 15) is 14.4 Å². The molecule has 3 N–H and O–H groups in total. The molecule has 6 nitrogen and oxygen atoms in total. The molecule has 1 aromatic rings. The second kappa shape index (κ2) is 7.30. The van der Waals surface area contributed by atoms with Crippen LogP contribution in [0.25, 0.3) is 6.08 Å². The molecular weight excluding hydrogens is 286 g/mol. The molecule has 0 aromatic heterocycles.